The molecule has 0 unspecified atom stereocenters. The van der Waals surface area contributed by atoms with Crippen molar-refractivity contribution in [1.82, 2.24) is 19.6 Å². The first-order valence-corrected chi connectivity index (χ1v) is 9.03. The summed E-state index contributed by atoms with van der Waals surface area (Å²) in [6, 6.07) is 11.6. The second-order valence-electron chi connectivity index (χ2n) is 7.30. The van der Waals surface area contributed by atoms with Crippen LogP contribution in [0.2, 0.25) is 0 Å². The summed E-state index contributed by atoms with van der Waals surface area (Å²) in [5, 5.41) is 5.40. The molecule has 1 aromatic carbocycles. The van der Waals surface area contributed by atoms with Crippen LogP contribution in [-0.2, 0) is 13.1 Å². The highest BCUT2D eigenvalue weighted by molar-refractivity contribution is 5.96. The fraction of sp³-hybridized carbons (Fsp3) is 0.400. The number of hydrogen-bond acceptors (Lipinski definition) is 4. The fourth-order valence-corrected chi connectivity index (χ4v) is 3.55. The van der Waals surface area contributed by atoms with Crippen molar-refractivity contribution in [2.24, 2.45) is 5.92 Å². The molecule has 2 aromatic heterocycles. The minimum atomic E-state index is -0.0503. The Morgan fingerprint density at radius 3 is 2.92 bits per heavy atom. The van der Waals surface area contributed by atoms with Gasteiger partial charge < -0.3 is 14.2 Å². The van der Waals surface area contributed by atoms with Crippen LogP contribution in [0.4, 0.5) is 0 Å². The molecule has 0 N–H and O–H groups in total. The quantitative estimate of drug-likeness (QED) is 0.724. The van der Waals surface area contributed by atoms with E-state index in [2.05, 4.69) is 24.1 Å². The summed E-state index contributed by atoms with van der Waals surface area (Å²) < 4.78 is 7.84. The van der Waals surface area contributed by atoms with Crippen LogP contribution in [-0.4, -0.2) is 52.7 Å². The highest BCUT2D eigenvalue weighted by Crippen LogP contribution is 2.24. The van der Waals surface area contributed by atoms with Crippen LogP contribution in [0.3, 0.4) is 0 Å². The number of hydrogen-bond donors (Lipinski definition) is 0. The van der Waals surface area contributed by atoms with E-state index in [0.717, 1.165) is 36.2 Å². The van der Waals surface area contributed by atoms with E-state index in [0.29, 0.717) is 24.8 Å². The van der Waals surface area contributed by atoms with Gasteiger partial charge in [0.15, 0.2) is 5.76 Å². The molecule has 3 aromatic rings. The smallest absolute Gasteiger partial charge is 0.289 e. The summed E-state index contributed by atoms with van der Waals surface area (Å²) in [6.45, 7) is 3.12. The minimum Gasteiger partial charge on any atom is -0.451 e. The molecule has 3 heterocycles. The summed E-state index contributed by atoms with van der Waals surface area (Å²) in [6.07, 6.45) is 2.84. The van der Waals surface area contributed by atoms with Gasteiger partial charge in [-0.2, -0.15) is 5.10 Å². The Hall–Kier alpha value is -2.60. The summed E-state index contributed by atoms with van der Waals surface area (Å²) >= 11 is 0. The van der Waals surface area contributed by atoms with Gasteiger partial charge in [0.25, 0.3) is 5.91 Å². The van der Waals surface area contributed by atoms with Gasteiger partial charge in [-0.25, -0.2) is 0 Å². The van der Waals surface area contributed by atoms with E-state index < -0.39 is 0 Å². The van der Waals surface area contributed by atoms with Crippen LogP contribution in [0.5, 0.6) is 0 Å². The van der Waals surface area contributed by atoms with E-state index in [9.17, 15) is 4.79 Å². The van der Waals surface area contributed by atoms with Crippen LogP contribution >= 0.6 is 0 Å². The molecule has 0 spiro atoms. The predicted molar refractivity (Wildman–Crippen MR) is 99.8 cm³/mol. The van der Waals surface area contributed by atoms with Gasteiger partial charge in [0.1, 0.15) is 5.58 Å². The van der Waals surface area contributed by atoms with Crippen molar-refractivity contribution < 1.29 is 9.21 Å². The maximum Gasteiger partial charge on any atom is 0.289 e. The molecule has 0 saturated carbocycles. The Morgan fingerprint density at radius 1 is 1.27 bits per heavy atom. The van der Waals surface area contributed by atoms with E-state index in [-0.39, 0.29) is 5.91 Å². The first kappa shape index (κ1) is 16.8. The van der Waals surface area contributed by atoms with Crippen molar-refractivity contribution in [2.75, 3.05) is 27.2 Å². The highest BCUT2D eigenvalue weighted by atomic mass is 16.3. The zero-order chi connectivity index (χ0) is 18.1. The number of carbonyl (C=O) groups is 1. The van der Waals surface area contributed by atoms with Gasteiger partial charge in [-0.05, 0) is 51.2 Å². The van der Waals surface area contributed by atoms with Crippen LogP contribution in [0.1, 0.15) is 22.7 Å². The van der Waals surface area contributed by atoms with Crippen LogP contribution in [0.15, 0.2) is 47.0 Å². The van der Waals surface area contributed by atoms with E-state index in [1.165, 1.54) is 0 Å². The maximum atomic E-state index is 13.1. The number of fused-ring (bicyclic) bond motifs is 2. The lowest BCUT2D eigenvalue weighted by atomic mass is 10.0. The van der Waals surface area contributed by atoms with Crippen molar-refractivity contribution in [3.8, 4) is 0 Å². The summed E-state index contributed by atoms with van der Waals surface area (Å²) in [5.74, 6) is 0.725. The molecule has 1 atom stereocenters. The number of nitrogens with zero attached hydrogens (tertiary/aromatic N) is 4. The highest BCUT2D eigenvalue weighted by Gasteiger charge is 2.28. The van der Waals surface area contributed by atoms with Crippen molar-refractivity contribution in [1.29, 1.82) is 0 Å². The third kappa shape index (κ3) is 3.37. The monoisotopic (exact) mass is 352 g/mol. The standard InChI is InChI=1S/C20H24N4O2/c1-22(2)10-8-15-12-23(14-17-7-9-21-24(17)13-15)20(25)19-11-16-5-3-4-6-18(16)26-19/h3-7,9,11,15H,8,10,12-14H2,1-2H3/t15-/m1/s1. The zero-order valence-corrected chi connectivity index (χ0v) is 15.3. The third-order valence-corrected chi connectivity index (χ3v) is 4.98. The van der Waals surface area contributed by atoms with E-state index in [4.69, 9.17) is 4.42 Å². The van der Waals surface area contributed by atoms with Gasteiger partial charge in [-0.15, -0.1) is 0 Å². The van der Waals surface area contributed by atoms with Gasteiger partial charge in [0, 0.05) is 24.7 Å². The molecule has 1 amide bonds. The molecule has 4 rings (SSSR count). The maximum absolute atomic E-state index is 13.1. The van der Waals surface area contributed by atoms with Gasteiger partial charge >= 0.3 is 0 Å². The van der Waals surface area contributed by atoms with Crippen LogP contribution in [0.25, 0.3) is 11.0 Å². The van der Waals surface area contributed by atoms with Crippen LogP contribution in [0, 0.1) is 5.92 Å². The third-order valence-electron chi connectivity index (χ3n) is 4.98. The largest absolute Gasteiger partial charge is 0.451 e. The van der Waals surface area contributed by atoms with E-state index in [1.54, 1.807) is 0 Å². The second kappa shape index (κ2) is 6.96. The summed E-state index contributed by atoms with van der Waals surface area (Å²) in [5.41, 5.74) is 1.82. The lowest BCUT2D eigenvalue weighted by molar-refractivity contribution is 0.0686. The van der Waals surface area contributed by atoms with Gasteiger partial charge in [-0.1, -0.05) is 18.2 Å². The van der Waals surface area contributed by atoms with E-state index >= 15 is 0 Å². The van der Waals surface area contributed by atoms with Gasteiger partial charge in [0.2, 0.25) is 0 Å². The Kier molecular flexibility index (Phi) is 4.51. The van der Waals surface area contributed by atoms with Crippen molar-refractivity contribution in [3.05, 3.63) is 54.0 Å². The Bertz CT molecular complexity index is 878. The molecule has 0 aliphatic carbocycles. The normalized spacial score (nSPS) is 17.5. The number of amides is 1. The SMILES string of the molecule is CN(C)CC[C@@H]1CN(C(=O)c2cc3ccccc3o2)Cc2ccnn2C1. The van der Waals surface area contributed by atoms with Crippen molar-refractivity contribution >= 4 is 16.9 Å². The number of benzene rings is 1. The molecular weight excluding hydrogens is 328 g/mol. The first-order valence-electron chi connectivity index (χ1n) is 9.03. The minimum absolute atomic E-state index is 0.0503. The number of aromatic nitrogens is 2. The molecule has 0 bridgehead atoms. The number of furan rings is 1. The Labute approximate surface area is 153 Å². The average Bonchev–Trinajstić information content (AvgIpc) is 3.21. The lowest BCUT2D eigenvalue weighted by Crippen LogP contribution is -2.34. The molecule has 0 saturated heterocycles. The molecule has 1 aliphatic rings. The van der Waals surface area contributed by atoms with Crippen molar-refractivity contribution in [3.63, 3.8) is 0 Å². The summed E-state index contributed by atoms with van der Waals surface area (Å²) in [4.78, 5) is 17.2. The predicted octanol–water partition coefficient (Wildman–Crippen LogP) is 2.85. The first-order chi connectivity index (χ1) is 12.6. The fourth-order valence-electron chi connectivity index (χ4n) is 3.55. The molecule has 0 fully saturated rings. The molecule has 26 heavy (non-hydrogen) atoms. The number of rotatable bonds is 4. The van der Waals surface area contributed by atoms with Gasteiger partial charge in [0.05, 0.1) is 12.2 Å². The molecule has 6 nitrogen and oxygen atoms in total. The lowest BCUT2D eigenvalue weighted by Gasteiger charge is -2.24. The van der Waals surface area contributed by atoms with Crippen LogP contribution < -0.4 is 0 Å². The molecule has 6 heteroatoms. The number of para-hydroxylation sites is 1. The molecule has 1 aliphatic heterocycles. The zero-order valence-electron chi connectivity index (χ0n) is 15.3. The van der Waals surface area contributed by atoms with Crippen molar-refractivity contribution in [2.45, 2.75) is 19.5 Å². The molecule has 136 valence electrons. The summed E-state index contributed by atoms with van der Waals surface area (Å²) in [7, 11) is 4.15. The number of carbonyl (C=O) groups excluding carboxylic acids is 1. The Balaban J connectivity index is 1.59. The van der Waals surface area contributed by atoms with Gasteiger partial charge in [-0.3, -0.25) is 9.48 Å². The van der Waals surface area contributed by atoms with E-state index in [1.807, 2.05) is 52.2 Å². The molecule has 0 radical (unpaired) electrons. The topological polar surface area (TPSA) is 54.5 Å². The Morgan fingerprint density at radius 2 is 2.12 bits per heavy atom. The average molecular weight is 352 g/mol. The molecular formula is C20H24N4O2. The second-order valence-corrected chi connectivity index (χ2v) is 7.30.